The van der Waals surface area contributed by atoms with Crippen LogP contribution in [0.4, 0.5) is 11.4 Å². The number of carbonyl (C=O) groups excluding carboxylic acids is 1. The molecule has 0 aliphatic rings. The van der Waals surface area contributed by atoms with Crippen molar-refractivity contribution in [1.29, 1.82) is 0 Å². The van der Waals surface area contributed by atoms with Gasteiger partial charge in [0.25, 0.3) is 0 Å². The van der Waals surface area contributed by atoms with Crippen LogP contribution in [0.25, 0.3) is 0 Å². The molecule has 110 valence electrons. The van der Waals surface area contributed by atoms with Crippen LogP contribution in [0.2, 0.25) is 5.02 Å². The molecule has 0 aliphatic carbocycles. The van der Waals surface area contributed by atoms with Gasteiger partial charge in [0.15, 0.2) is 0 Å². The first-order chi connectivity index (χ1) is 9.95. The van der Waals surface area contributed by atoms with Gasteiger partial charge in [-0.25, -0.2) is 0 Å². The first-order valence-electron chi connectivity index (χ1n) is 6.83. The number of rotatable bonds is 4. The zero-order valence-electron chi connectivity index (χ0n) is 12.5. The standard InChI is InChI=1S/C17H19ClN2O/c1-11-4-6-15(13(3)8-11)19-10-17(21)20-16-7-5-12(2)9-14(16)18/h4-9,19H,10H2,1-3H3,(H,20,21). The van der Waals surface area contributed by atoms with Gasteiger partial charge in [0.1, 0.15) is 0 Å². The van der Waals surface area contributed by atoms with E-state index < -0.39 is 0 Å². The third kappa shape index (κ3) is 4.23. The van der Waals surface area contributed by atoms with Crippen molar-refractivity contribution < 1.29 is 4.79 Å². The van der Waals surface area contributed by atoms with E-state index in [1.54, 1.807) is 0 Å². The van der Waals surface area contributed by atoms with Crippen molar-refractivity contribution in [2.45, 2.75) is 20.8 Å². The molecular formula is C17H19ClN2O. The highest BCUT2D eigenvalue weighted by molar-refractivity contribution is 6.33. The second-order valence-corrected chi connectivity index (χ2v) is 5.61. The molecule has 0 aliphatic heterocycles. The minimum atomic E-state index is -0.124. The Morgan fingerprint density at radius 2 is 1.62 bits per heavy atom. The minimum Gasteiger partial charge on any atom is -0.376 e. The highest BCUT2D eigenvalue weighted by Crippen LogP contribution is 2.22. The summed E-state index contributed by atoms with van der Waals surface area (Å²) in [6.45, 7) is 6.22. The lowest BCUT2D eigenvalue weighted by Crippen LogP contribution is -2.22. The third-order valence-electron chi connectivity index (χ3n) is 3.22. The molecule has 0 saturated carbocycles. The number of anilines is 2. The molecule has 0 bridgehead atoms. The summed E-state index contributed by atoms with van der Waals surface area (Å²) in [5.41, 5.74) is 4.98. The summed E-state index contributed by atoms with van der Waals surface area (Å²) in [5.74, 6) is -0.124. The Balaban J connectivity index is 1.96. The van der Waals surface area contributed by atoms with Gasteiger partial charge in [-0.15, -0.1) is 0 Å². The van der Waals surface area contributed by atoms with Crippen LogP contribution >= 0.6 is 11.6 Å². The van der Waals surface area contributed by atoms with E-state index in [4.69, 9.17) is 11.6 Å². The van der Waals surface area contributed by atoms with E-state index in [9.17, 15) is 4.79 Å². The summed E-state index contributed by atoms with van der Waals surface area (Å²) >= 11 is 6.10. The van der Waals surface area contributed by atoms with Crippen molar-refractivity contribution in [3.63, 3.8) is 0 Å². The predicted octanol–water partition coefficient (Wildman–Crippen LogP) is 4.32. The summed E-state index contributed by atoms with van der Waals surface area (Å²) < 4.78 is 0. The molecule has 1 amide bonds. The Morgan fingerprint density at radius 3 is 2.24 bits per heavy atom. The molecule has 0 atom stereocenters. The maximum atomic E-state index is 12.0. The van der Waals surface area contributed by atoms with Gasteiger partial charge < -0.3 is 10.6 Å². The van der Waals surface area contributed by atoms with Crippen LogP contribution in [-0.4, -0.2) is 12.5 Å². The Labute approximate surface area is 130 Å². The van der Waals surface area contributed by atoms with Gasteiger partial charge in [-0.3, -0.25) is 4.79 Å². The van der Waals surface area contributed by atoms with Gasteiger partial charge in [0.05, 0.1) is 17.3 Å². The van der Waals surface area contributed by atoms with Crippen molar-refractivity contribution in [3.8, 4) is 0 Å². The van der Waals surface area contributed by atoms with Crippen LogP contribution < -0.4 is 10.6 Å². The van der Waals surface area contributed by atoms with E-state index in [2.05, 4.69) is 16.7 Å². The zero-order valence-corrected chi connectivity index (χ0v) is 13.2. The largest absolute Gasteiger partial charge is 0.376 e. The van der Waals surface area contributed by atoms with Gasteiger partial charge >= 0.3 is 0 Å². The SMILES string of the molecule is Cc1ccc(NCC(=O)Nc2ccc(C)cc2Cl)c(C)c1. The van der Waals surface area contributed by atoms with Crippen molar-refractivity contribution in [2.24, 2.45) is 0 Å². The third-order valence-corrected chi connectivity index (χ3v) is 3.53. The first kappa shape index (κ1) is 15.4. The van der Waals surface area contributed by atoms with Crippen LogP contribution in [-0.2, 0) is 4.79 Å². The van der Waals surface area contributed by atoms with E-state index in [0.29, 0.717) is 10.7 Å². The Morgan fingerprint density at radius 1 is 1.00 bits per heavy atom. The molecule has 21 heavy (non-hydrogen) atoms. The molecule has 0 heterocycles. The minimum absolute atomic E-state index is 0.124. The predicted molar refractivity (Wildman–Crippen MR) is 89.2 cm³/mol. The van der Waals surface area contributed by atoms with Crippen molar-refractivity contribution >= 4 is 28.9 Å². The molecule has 0 spiro atoms. The Bertz CT molecular complexity index is 668. The summed E-state index contributed by atoms with van der Waals surface area (Å²) in [5, 5.41) is 6.49. The highest BCUT2D eigenvalue weighted by Gasteiger charge is 2.06. The van der Waals surface area contributed by atoms with Crippen LogP contribution in [0.15, 0.2) is 36.4 Å². The fraction of sp³-hybridized carbons (Fsp3) is 0.235. The number of hydrogen-bond acceptors (Lipinski definition) is 2. The molecule has 2 aromatic carbocycles. The lowest BCUT2D eigenvalue weighted by molar-refractivity contribution is -0.114. The van der Waals surface area contributed by atoms with Crippen LogP contribution in [0.1, 0.15) is 16.7 Å². The zero-order chi connectivity index (χ0) is 15.4. The van der Waals surface area contributed by atoms with Crippen LogP contribution in [0.5, 0.6) is 0 Å². The highest BCUT2D eigenvalue weighted by atomic mass is 35.5. The summed E-state index contributed by atoms with van der Waals surface area (Å²) in [6.07, 6.45) is 0. The van der Waals surface area contributed by atoms with Gasteiger partial charge in [-0.2, -0.15) is 0 Å². The molecule has 0 fully saturated rings. The maximum Gasteiger partial charge on any atom is 0.243 e. The number of carbonyl (C=O) groups is 1. The molecule has 2 aromatic rings. The first-order valence-corrected chi connectivity index (χ1v) is 7.20. The fourth-order valence-electron chi connectivity index (χ4n) is 2.10. The smallest absolute Gasteiger partial charge is 0.243 e. The van der Waals surface area contributed by atoms with E-state index >= 15 is 0 Å². The molecule has 0 aromatic heterocycles. The fourth-order valence-corrected chi connectivity index (χ4v) is 2.39. The van der Waals surface area contributed by atoms with E-state index in [1.165, 1.54) is 5.56 Å². The van der Waals surface area contributed by atoms with E-state index in [0.717, 1.165) is 16.8 Å². The van der Waals surface area contributed by atoms with Gasteiger partial charge in [-0.1, -0.05) is 35.4 Å². The molecule has 2 N–H and O–H groups in total. The van der Waals surface area contributed by atoms with Gasteiger partial charge in [-0.05, 0) is 50.1 Å². The molecule has 0 radical (unpaired) electrons. The number of benzene rings is 2. The lowest BCUT2D eigenvalue weighted by Gasteiger charge is -2.11. The van der Waals surface area contributed by atoms with Gasteiger partial charge in [0, 0.05) is 5.69 Å². The van der Waals surface area contributed by atoms with Crippen LogP contribution in [0, 0.1) is 20.8 Å². The van der Waals surface area contributed by atoms with Crippen LogP contribution in [0.3, 0.4) is 0 Å². The molecular weight excluding hydrogens is 284 g/mol. The normalized spacial score (nSPS) is 10.3. The van der Waals surface area contributed by atoms with E-state index in [-0.39, 0.29) is 12.5 Å². The van der Waals surface area contributed by atoms with Crippen molar-refractivity contribution in [3.05, 3.63) is 58.1 Å². The number of nitrogens with one attached hydrogen (secondary N) is 2. The topological polar surface area (TPSA) is 41.1 Å². The van der Waals surface area contributed by atoms with Gasteiger partial charge in [0.2, 0.25) is 5.91 Å². The number of aryl methyl sites for hydroxylation is 3. The molecule has 0 saturated heterocycles. The molecule has 0 unspecified atom stereocenters. The average Bonchev–Trinajstić information content (AvgIpc) is 2.41. The summed E-state index contributed by atoms with van der Waals surface area (Å²) in [6, 6.07) is 11.6. The Kier molecular flexibility index (Phi) is 4.86. The number of halogens is 1. The molecule has 2 rings (SSSR count). The molecule has 4 heteroatoms. The maximum absolute atomic E-state index is 12.0. The Hall–Kier alpha value is -2.00. The van der Waals surface area contributed by atoms with Crippen molar-refractivity contribution in [2.75, 3.05) is 17.2 Å². The average molecular weight is 303 g/mol. The summed E-state index contributed by atoms with van der Waals surface area (Å²) in [7, 11) is 0. The van der Waals surface area contributed by atoms with E-state index in [1.807, 2.05) is 51.1 Å². The lowest BCUT2D eigenvalue weighted by atomic mass is 10.1. The number of hydrogen-bond donors (Lipinski definition) is 2. The summed E-state index contributed by atoms with van der Waals surface area (Å²) in [4.78, 5) is 12.0. The monoisotopic (exact) mass is 302 g/mol. The second kappa shape index (κ2) is 6.64. The molecule has 3 nitrogen and oxygen atoms in total. The quantitative estimate of drug-likeness (QED) is 0.883. The van der Waals surface area contributed by atoms with Crippen molar-refractivity contribution in [1.82, 2.24) is 0 Å². The number of amides is 1. The second-order valence-electron chi connectivity index (χ2n) is 5.20.